The van der Waals surface area contributed by atoms with E-state index in [-0.39, 0.29) is 12.6 Å². The van der Waals surface area contributed by atoms with Crippen LogP contribution >= 0.6 is 0 Å². The number of rotatable bonds is 4. The number of aliphatic hydroxyl groups is 1. The Bertz CT molecular complexity index is 865. The average molecular weight is 311 g/mol. The number of nitrogens with zero attached hydrogens (tertiary/aromatic N) is 2. The van der Waals surface area contributed by atoms with Gasteiger partial charge in [-0.3, -0.25) is 0 Å². The molecule has 3 aromatic rings. The van der Waals surface area contributed by atoms with E-state index in [0.717, 1.165) is 16.5 Å². The number of anilines is 1. The first-order valence-electron chi connectivity index (χ1n) is 7.05. The molecule has 0 amide bonds. The van der Waals surface area contributed by atoms with Gasteiger partial charge in [0.1, 0.15) is 0 Å². The van der Waals surface area contributed by atoms with Gasteiger partial charge in [-0.2, -0.15) is 0 Å². The second kappa shape index (κ2) is 6.10. The lowest BCUT2D eigenvalue weighted by atomic mass is 10.0. The van der Waals surface area contributed by atoms with Crippen LogP contribution in [0.2, 0.25) is 0 Å². The van der Waals surface area contributed by atoms with E-state index in [2.05, 4.69) is 9.97 Å². The van der Waals surface area contributed by atoms with E-state index in [1.54, 1.807) is 20.3 Å². The Morgan fingerprint density at radius 3 is 2.48 bits per heavy atom. The van der Waals surface area contributed by atoms with Gasteiger partial charge in [0.15, 0.2) is 11.5 Å². The molecular weight excluding hydrogens is 294 g/mol. The fraction of sp³-hybridized carbons (Fsp3) is 0.176. The average Bonchev–Trinajstić information content (AvgIpc) is 2.59. The monoisotopic (exact) mass is 311 g/mol. The Hall–Kier alpha value is -2.86. The van der Waals surface area contributed by atoms with Crippen LogP contribution in [-0.4, -0.2) is 29.3 Å². The molecule has 6 nitrogen and oxygen atoms in total. The maximum atomic E-state index is 9.33. The number of nitrogen functional groups attached to an aromatic ring is 1. The quantitative estimate of drug-likeness (QED) is 0.769. The van der Waals surface area contributed by atoms with Crippen LogP contribution < -0.4 is 15.2 Å². The highest BCUT2D eigenvalue weighted by Gasteiger charge is 2.14. The Morgan fingerprint density at radius 2 is 1.78 bits per heavy atom. The van der Waals surface area contributed by atoms with Crippen molar-refractivity contribution in [1.29, 1.82) is 0 Å². The molecule has 0 aliphatic carbocycles. The van der Waals surface area contributed by atoms with Gasteiger partial charge in [0.05, 0.1) is 32.0 Å². The highest BCUT2D eigenvalue weighted by molar-refractivity contribution is 5.95. The molecule has 0 atom stereocenters. The molecule has 0 aliphatic heterocycles. The molecule has 0 radical (unpaired) electrons. The first-order chi connectivity index (χ1) is 11.2. The van der Waals surface area contributed by atoms with Gasteiger partial charge in [0.25, 0.3) is 0 Å². The Labute approximate surface area is 133 Å². The molecule has 0 saturated heterocycles. The number of benzene rings is 2. The van der Waals surface area contributed by atoms with Crippen LogP contribution in [0.1, 0.15) is 5.56 Å². The van der Waals surface area contributed by atoms with Crippen molar-refractivity contribution in [3.05, 3.63) is 42.0 Å². The molecule has 3 rings (SSSR count). The first-order valence-corrected chi connectivity index (χ1v) is 7.05. The second-order valence-corrected chi connectivity index (χ2v) is 5.01. The summed E-state index contributed by atoms with van der Waals surface area (Å²) in [5, 5.41) is 10.1. The van der Waals surface area contributed by atoms with E-state index in [4.69, 9.17) is 15.2 Å². The van der Waals surface area contributed by atoms with Crippen LogP contribution in [-0.2, 0) is 6.61 Å². The van der Waals surface area contributed by atoms with Gasteiger partial charge in [-0.05, 0) is 17.7 Å². The lowest BCUT2D eigenvalue weighted by Crippen LogP contribution is -2.00. The van der Waals surface area contributed by atoms with E-state index in [0.29, 0.717) is 22.7 Å². The molecule has 0 aliphatic rings. The van der Waals surface area contributed by atoms with Crippen molar-refractivity contribution in [2.24, 2.45) is 0 Å². The SMILES string of the molecule is COc1cc2nc(N)nc(-c3cccc(CO)c3)c2cc1OC. The minimum atomic E-state index is -0.0382. The third-order valence-corrected chi connectivity index (χ3v) is 3.60. The highest BCUT2D eigenvalue weighted by atomic mass is 16.5. The first kappa shape index (κ1) is 15.1. The van der Waals surface area contributed by atoms with E-state index in [1.165, 1.54) is 0 Å². The zero-order valence-electron chi connectivity index (χ0n) is 12.9. The van der Waals surface area contributed by atoms with Gasteiger partial charge < -0.3 is 20.3 Å². The van der Waals surface area contributed by atoms with E-state index < -0.39 is 0 Å². The minimum Gasteiger partial charge on any atom is -0.493 e. The van der Waals surface area contributed by atoms with Gasteiger partial charge in [0, 0.05) is 17.0 Å². The van der Waals surface area contributed by atoms with Gasteiger partial charge in [-0.25, -0.2) is 9.97 Å². The van der Waals surface area contributed by atoms with E-state index >= 15 is 0 Å². The fourth-order valence-corrected chi connectivity index (χ4v) is 2.51. The molecule has 1 aromatic heterocycles. The topological polar surface area (TPSA) is 90.5 Å². The third kappa shape index (κ3) is 2.76. The Balaban J connectivity index is 2.30. The standard InChI is InChI=1S/C17H17N3O3/c1-22-14-7-12-13(8-15(14)23-2)19-17(18)20-16(12)11-5-3-4-10(6-11)9-21/h3-8,21H,9H2,1-2H3,(H2,18,19,20). The molecule has 6 heteroatoms. The van der Waals surface area contributed by atoms with E-state index in [9.17, 15) is 5.11 Å². The fourth-order valence-electron chi connectivity index (χ4n) is 2.51. The number of methoxy groups -OCH3 is 2. The van der Waals surface area contributed by atoms with Crippen LogP contribution in [0.5, 0.6) is 11.5 Å². The molecule has 0 fully saturated rings. The maximum absolute atomic E-state index is 9.33. The number of fused-ring (bicyclic) bond motifs is 1. The molecule has 0 bridgehead atoms. The number of aromatic nitrogens is 2. The van der Waals surface area contributed by atoms with Gasteiger partial charge in [-0.1, -0.05) is 18.2 Å². The molecule has 2 aromatic carbocycles. The van der Waals surface area contributed by atoms with Crippen molar-refractivity contribution in [2.45, 2.75) is 6.61 Å². The van der Waals surface area contributed by atoms with Crippen molar-refractivity contribution in [3.8, 4) is 22.8 Å². The molecular formula is C17H17N3O3. The summed E-state index contributed by atoms with van der Waals surface area (Å²) in [7, 11) is 3.15. The summed E-state index contributed by atoms with van der Waals surface area (Å²) in [6.07, 6.45) is 0. The largest absolute Gasteiger partial charge is 0.493 e. The normalized spacial score (nSPS) is 10.7. The molecule has 0 saturated carbocycles. The summed E-state index contributed by atoms with van der Waals surface area (Å²) in [4.78, 5) is 8.64. The number of aliphatic hydroxyl groups excluding tert-OH is 1. The predicted molar refractivity (Wildman–Crippen MR) is 88.4 cm³/mol. The number of hydrogen-bond donors (Lipinski definition) is 2. The second-order valence-electron chi connectivity index (χ2n) is 5.01. The minimum absolute atomic E-state index is 0.0382. The van der Waals surface area contributed by atoms with Gasteiger partial charge in [-0.15, -0.1) is 0 Å². The number of nitrogens with two attached hydrogens (primary N) is 1. The molecule has 118 valence electrons. The zero-order chi connectivity index (χ0) is 16.4. The molecule has 0 spiro atoms. The lowest BCUT2D eigenvalue weighted by Gasteiger charge is -2.12. The zero-order valence-corrected chi connectivity index (χ0v) is 12.9. The lowest BCUT2D eigenvalue weighted by molar-refractivity contribution is 0.282. The Kier molecular flexibility index (Phi) is 3.99. The number of ether oxygens (including phenoxy) is 2. The van der Waals surface area contributed by atoms with Crippen LogP contribution in [0, 0.1) is 0 Å². The van der Waals surface area contributed by atoms with Crippen LogP contribution in [0.15, 0.2) is 36.4 Å². The van der Waals surface area contributed by atoms with E-state index in [1.807, 2.05) is 30.3 Å². The molecule has 23 heavy (non-hydrogen) atoms. The van der Waals surface area contributed by atoms with Crippen molar-refractivity contribution < 1.29 is 14.6 Å². The molecule has 0 unspecified atom stereocenters. The summed E-state index contributed by atoms with van der Waals surface area (Å²) < 4.78 is 10.7. The van der Waals surface area contributed by atoms with Crippen LogP contribution in [0.4, 0.5) is 5.95 Å². The van der Waals surface area contributed by atoms with Crippen molar-refractivity contribution in [1.82, 2.24) is 9.97 Å². The summed E-state index contributed by atoms with van der Waals surface area (Å²) in [6.45, 7) is -0.0382. The van der Waals surface area contributed by atoms with Gasteiger partial charge >= 0.3 is 0 Å². The summed E-state index contributed by atoms with van der Waals surface area (Å²) in [5.41, 5.74) is 8.85. The highest BCUT2D eigenvalue weighted by Crippen LogP contribution is 2.36. The molecule has 3 N–H and O–H groups in total. The Morgan fingerprint density at radius 1 is 1.04 bits per heavy atom. The number of hydrogen-bond acceptors (Lipinski definition) is 6. The van der Waals surface area contributed by atoms with Crippen molar-refractivity contribution >= 4 is 16.9 Å². The predicted octanol–water partition coefficient (Wildman–Crippen LogP) is 2.39. The third-order valence-electron chi connectivity index (χ3n) is 3.60. The molecule has 1 heterocycles. The van der Waals surface area contributed by atoms with Crippen LogP contribution in [0.25, 0.3) is 22.2 Å². The van der Waals surface area contributed by atoms with Crippen molar-refractivity contribution in [2.75, 3.05) is 20.0 Å². The maximum Gasteiger partial charge on any atom is 0.221 e. The summed E-state index contributed by atoms with van der Waals surface area (Å²) in [6, 6.07) is 11.1. The summed E-state index contributed by atoms with van der Waals surface area (Å²) in [5.74, 6) is 1.34. The smallest absolute Gasteiger partial charge is 0.221 e. The van der Waals surface area contributed by atoms with Crippen molar-refractivity contribution in [3.63, 3.8) is 0 Å². The summed E-state index contributed by atoms with van der Waals surface area (Å²) >= 11 is 0. The van der Waals surface area contributed by atoms with Gasteiger partial charge in [0.2, 0.25) is 5.95 Å². The van der Waals surface area contributed by atoms with Crippen LogP contribution in [0.3, 0.4) is 0 Å².